The van der Waals surface area contributed by atoms with Crippen LogP contribution in [0.4, 0.5) is 0 Å². The van der Waals surface area contributed by atoms with Crippen LogP contribution >= 0.6 is 11.6 Å². The van der Waals surface area contributed by atoms with Gasteiger partial charge in [-0.1, -0.05) is 96.2 Å². The van der Waals surface area contributed by atoms with Gasteiger partial charge >= 0.3 is 0 Å². The molecule has 0 bridgehead atoms. The van der Waals surface area contributed by atoms with E-state index in [1.165, 1.54) is 6.33 Å². The van der Waals surface area contributed by atoms with E-state index >= 15 is 0 Å². The van der Waals surface area contributed by atoms with E-state index in [1.54, 1.807) is 0 Å². The molecule has 1 aromatic heterocycles. The van der Waals surface area contributed by atoms with Gasteiger partial charge in [0.15, 0.2) is 6.33 Å². The van der Waals surface area contributed by atoms with Crippen LogP contribution in [0.15, 0.2) is 97.3 Å². The van der Waals surface area contributed by atoms with Crippen molar-refractivity contribution in [2.24, 2.45) is 0 Å². The molecule has 0 unspecified atom stereocenters. The van der Waals surface area contributed by atoms with E-state index in [9.17, 15) is 0 Å². The number of hydrogen-bond donors (Lipinski definition) is 1. The van der Waals surface area contributed by atoms with E-state index in [0.717, 1.165) is 16.7 Å². The molecule has 3 aromatic carbocycles. The summed E-state index contributed by atoms with van der Waals surface area (Å²) in [4.78, 5) is -0.649. The fraction of sp³-hybridized carbons (Fsp3) is 0.0500. The van der Waals surface area contributed by atoms with E-state index in [0.29, 0.717) is 0 Å². The molecule has 0 fully saturated rings. The van der Waals surface area contributed by atoms with E-state index < -0.39 is 4.87 Å². The molecule has 0 radical (unpaired) electrons. The number of H-pyrrole nitrogens is 1. The zero-order valence-corrected chi connectivity index (χ0v) is 14.2. The molecule has 1 N–H and O–H groups in total. The number of hydrogen-bond acceptors (Lipinski definition) is 3. The first-order valence-electron chi connectivity index (χ1n) is 7.83. The first kappa shape index (κ1) is 16.9. The Balaban J connectivity index is 0.000000314. The number of alkyl halides is 1. The Kier molecular flexibility index (Phi) is 5.54. The maximum Gasteiger partial charge on any atom is 0.161 e. The standard InChI is InChI=1S/C19H15Cl.CH2N4/c20-19(16-10-4-1-5-11-16,17-12-6-2-7-13-17)18-14-8-3-9-15-18;1-2-4-5-3-1/h1-15H;1H,(H,2,3,4,5). The molecule has 124 valence electrons. The molecular formula is C20H17ClN4. The Bertz CT molecular complexity index is 736. The van der Waals surface area contributed by atoms with Crippen LogP contribution in [-0.4, -0.2) is 20.6 Å². The van der Waals surface area contributed by atoms with Gasteiger partial charge in [-0.25, -0.2) is 0 Å². The van der Waals surface area contributed by atoms with Gasteiger partial charge in [-0.2, -0.15) is 5.21 Å². The molecule has 1 heterocycles. The monoisotopic (exact) mass is 348 g/mol. The summed E-state index contributed by atoms with van der Waals surface area (Å²) in [6.07, 6.45) is 1.33. The molecule has 0 saturated heterocycles. The van der Waals surface area contributed by atoms with Crippen molar-refractivity contribution in [2.45, 2.75) is 4.87 Å². The fourth-order valence-electron chi connectivity index (χ4n) is 2.63. The number of aromatic nitrogens is 4. The molecule has 0 aliphatic heterocycles. The van der Waals surface area contributed by atoms with Gasteiger partial charge in [0.2, 0.25) is 0 Å². The molecule has 4 aromatic rings. The summed E-state index contributed by atoms with van der Waals surface area (Å²) in [7, 11) is 0. The summed E-state index contributed by atoms with van der Waals surface area (Å²) in [5.74, 6) is 0. The Morgan fingerprint density at radius 1 is 0.640 bits per heavy atom. The van der Waals surface area contributed by atoms with Gasteiger partial charge in [0.05, 0.1) is 0 Å². The first-order chi connectivity index (χ1) is 12.3. The number of rotatable bonds is 3. The highest BCUT2D eigenvalue weighted by Gasteiger charge is 2.33. The topological polar surface area (TPSA) is 54.5 Å². The summed E-state index contributed by atoms with van der Waals surface area (Å²) in [5, 5.41) is 12.2. The zero-order valence-electron chi connectivity index (χ0n) is 13.5. The first-order valence-corrected chi connectivity index (χ1v) is 8.21. The van der Waals surface area contributed by atoms with Gasteiger partial charge in [0, 0.05) is 0 Å². The van der Waals surface area contributed by atoms with Crippen LogP contribution < -0.4 is 0 Å². The molecule has 0 spiro atoms. The van der Waals surface area contributed by atoms with Crippen LogP contribution in [0.25, 0.3) is 0 Å². The summed E-state index contributed by atoms with van der Waals surface area (Å²) >= 11 is 7.12. The van der Waals surface area contributed by atoms with Gasteiger partial charge in [-0.15, -0.1) is 21.8 Å². The lowest BCUT2D eigenvalue weighted by atomic mass is 9.84. The molecule has 4 rings (SSSR count). The number of nitrogens with zero attached hydrogens (tertiary/aromatic N) is 3. The van der Waals surface area contributed by atoms with Crippen molar-refractivity contribution in [3.05, 3.63) is 114 Å². The van der Waals surface area contributed by atoms with Gasteiger partial charge in [0.25, 0.3) is 0 Å². The van der Waals surface area contributed by atoms with Gasteiger partial charge in [0.1, 0.15) is 4.87 Å². The Morgan fingerprint density at radius 3 is 1.28 bits per heavy atom. The summed E-state index contributed by atoms with van der Waals surface area (Å²) in [5.41, 5.74) is 3.25. The van der Waals surface area contributed by atoms with Crippen molar-refractivity contribution >= 4 is 11.6 Å². The highest BCUT2D eigenvalue weighted by Crippen LogP contribution is 2.42. The Hall–Kier alpha value is -2.98. The predicted molar refractivity (Wildman–Crippen MR) is 99.2 cm³/mol. The number of aromatic amines is 1. The van der Waals surface area contributed by atoms with Gasteiger partial charge in [-0.3, -0.25) is 0 Å². The second-order valence-electron chi connectivity index (χ2n) is 5.32. The normalized spacial score (nSPS) is 10.6. The Labute approximate surface area is 151 Å². The van der Waals surface area contributed by atoms with Crippen molar-refractivity contribution in [1.82, 2.24) is 20.6 Å². The molecule has 0 amide bonds. The van der Waals surface area contributed by atoms with Crippen molar-refractivity contribution in [1.29, 1.82) is 0 Å². The third-order valence-corrected chi connectivity index (χ3v) is 4.44. The molecule has 4 nitrogen and oxygen atoms in total. The fourth-order valence-corrected chi connectivity index (χ4v) is 3.01. The SMILES string of the molecule is ClC(c1ccccc1)(c1ccccc1)c1ccccc1.c1nn[nH]n1. The third-order valence-electron chi connectivity index (χ3n) is 3.78. The van der Waals surface area contributed by atoms with E-state index in [1.807, 2.05) is 54.6 Å². The number of nitrogens with one attached hydrogen (secondary N) is 1. The van der Waals surface area contributed by atoms with Gasteiger partial charge < -0.3 is 0 Å². The van der Waals surface area contributed by atoms with Crippen molar-refractivity contribution in [3.63, 3.8) is 0 Å². The molecule has 5 heteroatoms. The van der Waals surface area contributed by atoms with E-state index in [4.69, 9.17) is 11.6 Å². The molecule has 0 saturated carbocycles. The van der Waals surface area contributed by atoms with Crippen LogP contribution in [-0.2, 0) is 4.87 Å². The van der Waals surface area contributed by atoms with E-state index in [2.05, 4.69) is 57.0 Å². The van der Waals surface area contributed by atoms with Crippen molar-refractivity contribution < 1.29 is 0 Å². The summed E-state index contributed by atoms with van der Waals surface area (Å²) < 4.78 is 0. The summed E-state index contributed by atoms with van der Waals surface area (Å²) in [6.45, 7) is 0. The lowest BCUT2D eigenvalue weighted by molar-refractivity contribution is 0.879. The number of tetrazole rings is 1. The molecule has 0 atom stereocenters. The van der Waals surface area contributed by atoms with Crippen LogP contribution in [0.2, 0.25) is 0 Å². The van der Waals surface area contributed by atoms with Crippen molar-refractivity contribution in [2.75, 3.05) is 0 Å². The minimum atomic E-state index is -0.649. The molecule has 0 aliphatic rings. The minimum Gasteiger partial charge on any atom is -0.177 e. The average Bonchev–Trinajstić information content (AvgIpc) is 3.30. The van der Waals surface area contributed by atoms with Crippen LogP contribution in [0, 0.1) is 0 Å². The second-order valence-corrected chi connectivity index (χ2v) is 5.88. The maximum absolute atomic E-state index is 7.12. The highest BCUT2D eigenvalue weighted by molar-refractivity contribution is 6.28. The lowest BCUT2D eigenvalue weighted by Gasteiger charge is -2.29. The van der Waals surface area contributed by atoms with Crippen molar-refractivity contribution in [3.8, 4) is 0 Å². The molecule has 25 heavy (non-hydrogen) atoms. The zero-order chi connectivity index (χ0) is 17.4. The maximum atomic E-state index is 7.12. The lowest BCUT2D eigenvalue weighted by Crippen LogP contribution is -2.22. The van der Waals surface area contributed by atoms with Gasteiger partial charge in [-0.05, 0) is 16.7 Å². The average molecular weight is 349 g/mol. The Morgan fingerprint density at radius 2 is 1.04 bits per heavy atom. The number of halogens is 1. The smallest absolute Gasteiger partial charge is 0.161 e. The summed E-state index contributed by atoms with van der Waals surface area (Å²) in [6, 6.07) is 30.6. The predicted octanol–water partition coefficient (Wildman–Crippen LogP) is 4.42. The highest BCUT2D eigenvalue weighted by atomic mass is 35.5. The third kappa shape index (κ3) is 3.92. The minimum absolute atomic E-state index is 0.649. The molecule has 0 aliphatic carbocycles. The number of benzene rings is 3. The van der Waals surface area contributed by atoms with E-state index in [-0.39, 0.29) is 0 Å². The van der Waals surface area contributed by atoms with Crippen LogP contribution in [0.5, 0.6) is 0 Å². The second kappa shape index (κ2) is 8.22. The largest absolute Gasteiger partial charge is 0.177 e. The van der Waals surface area contributed by atoms with Crippen LogP contribution in [0.1, 0.15) is 16.7 Å². The van der Waals surface area contributed by atoms with Crippen LogP contribution in [0.3, 0.4) is 0 Å². The molecular weight excluding hydrogens is 332 g/mol. The quantitative estimate of drug-likeness (QED) is 0.440.